The summed E-state index contributed by atoms with van der Waals surface area (Å²) in [4.78, 5) is 25.5. The van der Waals surface area contributed by atoms with Gasteiger partial charge in [0, 0.05) is 32.9 Å². The molecule has 0 aliphatic rings. The van der Waals surface area contributed by atoms with E-state index < -0.39 is 5.97 Å². The summed E-state index contributed by atoms with van der Waals surface area (Å²) in [5.41, 5.74) is -0.0143. The van der Waals surface area contributed by atoms with Gasteiger partial charge in [-0.15, -0.1) is 0 Å². The predicted molar refractivity (Wildman–Crippen MR) is 62.5 cm³/mol. The average Bonchev–Trinajstić information content (AvgIpc) is 2.78. The zero-order chi connectivity index (χ0) is 13.4. The first-order valence-corrected chi connectivity index (χ1v) is 5.39. The van der Waals surface area contributed by atoms with Crippen molar-refractivity contribution in [2.75, 3.05) is 26.8 Å². The summed E-state index contributed by atoms with van der Waals surface area (Å²) in [6, 6.07) is -0.286. The molecule has 1 rings (SSSR count). The van der Waals surface area contributed by atoms with Crippen molar-refractivity contribution in [2.24, 2.45) is 0 Å². The number of methoxy groups -OCH3 is 1. The van der Waals surface area contributed by atoms with E-state index in [2.05, 4.69) is 15.6 Å². The fraction of sp³-hybridized carbons (Fsp3) is 0.500. The quantitative estimate of drug-likeness (QED) is 0.572. The second-order valence-electron chi connectivity index (χ2n) is 3.48. The van der Waals surface area contributed by atoms with Gasteiger partial charge >= 0.3 is 12.0 Å². The smallest absolute Gasteiger partial charge is 0.356 e. The Morgan fingerprint density at radius 1 is 1.44 bits per heavy atom. The number of rotatable bonds is 7. The van der Waals surface area contributed by atoms with Gasteiger partial charge in [0.15, 0.2) is 5.69 Å². The lowest BCUT2D eigenvalue weighted by Crippen LogP contribution is -2.38. The maximum Gasteiger partial charge on any atom is 0.356 e. The van der Waals surface area contributed by atoms with Crippen LogP contribution in [-0.4, -0.2) is 53.5 Å². The van der Waals surface area contributed by atoms with Crippen LogP contribution in [0.5, 0.6) is 0 Å². The molecule has 0 saturated carbocycles. The van der Waals surface area contributed by atoms with Crippen LogP contribution < -0.4 is 10.6 Å². The van der Waals surface area contributed by atoms with Crippen LogP contribution in [0, 0.1) is 0 Å². The van der Waals surface area contributed by atoms with Crippen LogP contribution in [0.3, 0.4) is 0 Å². The second kappa shape index (κ2) is 7.28. The van der Waals surface area contributed by atoms with Crippen LogP contribution in [0.1, 0.15) is 10.5 Å². The number of carboxylic acid groups (broad SMARTS) is 1. The Bertz CT molecular complexity index is 404. The van der Waals surface area contributed by atoms with Gasteiger partial charge in [0.2, 0.25) is 0 Å². The minimum atomic E-state index is -1.07. The van der Waals surface area contributed by atoms with Crippen molar-refractivity contribution < 1.29 is 19.4 Å². The monoisotopic (exact) mass is 256 g/mol. The zero-order valence-corrected chi connectivity index (χ0v) is 10.0. The predicted octanol–water partition coefficient (Wildman–Crippen LogP) is -0.473. The molecule has 0 aliphatic heterocycles. The third-order valence-electron chi connectivity index (χ3n) is 2.10. The van der Waals surface area contributed by atoms with E-state index in [1.807, 2.05) is 0 Å². The minimum absolute atomic E-state index is 0.0143. The molecular weight excluding hydrogens is 240 g/mol. The number of carboxylic acids is 1. The number of carbonyl (C=O) groups is 2. The van der Waals surface area contributed by atoms with E-state index in [1.54, 1.807) is 11.7 Å². The molecule has 1 aromatic heterocycles. The van der Waals surface area contributed by atoms with Crippen molar-refractivity contribution in [2.45, 2.75) is 6.54 Å². The normalized spacial score (nSPS) is 10.1. The van der Waals surface area contributed by atoms with Gasteiger partial charge in [0.25, 0.3) is 0 Å². The Hall–Kier alpha value is -2.09. The molecule has 0 fully saturated rings. The Kier molecular flexibility index (Phi) is 5.65. The van der Waals surface area contributed by atoms with E-state index in [0.717, 1.165) is 0 Å². The third-order valence-corrected chi connectivity index (χ3v) is 2.10. The lowest BCUT2D eigenvalue weighted by Gasteiger charge is -2.07. The van der Waals surface area contributed by atoms with Crippen molar-refractivity contribution in [3.63, 3.8) is 0 Å². The molecule has 3 N–H and O–H groups in total. The highest BCUT2D eigenvalue weighted by molar-refractivity contribution is 5.84. The van der Waals surface area contributed by atoms with Gasteiger partial charge in [0.05, 0.1) is 12.9 Å². The van der Waals surface area contributed by atoms with Crippen LogP contribution in [-0.2, 0) is 11.3 Å². The molecule has 0 bridgehead atoms. The number of nitrogens with one attached hydrogen (secondary N) is 2. The average molecular weight is 256 g/mol. The molecule has 1 heterocycles. The first-order chi connectivity index (χ1) is 8.63. The first kappa shape index (κ1) is 14.0. The van der Waals surface area contributed by atoms with Gasteiger partial charge in [-0.2, -0.15) is 0 Å². The molecule has 0 spiro atoms. The summed E-state index contributed by atoms with van der Waals surface area (Å²) in [6.45, 7) is 1.74. The first-order valence-electron chi connectivity index (χ1n) is 5.39. The molecule has 2 amide bonds. The molecule has 0 aliphatic carbocycles. The summed E-state index contributed by atoms with van der Waals surface area (Å²) in [7, 11) is 1.55. The Balaban J connectivity index is 2.20. The number of urea groups is 1. The number of aromatic nitrogens is 2. The van der Waals surface area contributed by atoms with Crippen molar-refractivity contribution in [1.29, 1.82) is 0 Å². The van der Waals surface area contributed by atoms with Gasteiger partial charge in [-0.05, 0) is 0 Å². The molecular formula is C10H16N4O4. The lowest BCUT2D eigenvalue weighted by atomic mass is 10.5. The van der Waals surface area contributed by atoms with E-state index in [0.29, 0.717) is 26.2 Å². The fourth-order valence-corrected chi connectivity index (χ4v) is 1.22. The van der Waals surface area contributed by atoms with Crippen molar-refractivity contribution in [3.8, 4) is 0 Å². The van der Waals surface area contributed by atoms with Gasteiger partial charge in [-0.3, -0.25) is 0 Å². The molecule has 8 heteroatoms. The molecule has 0 aromatic carbocycles. The van der Waals surface area contributed by atoms with Crippen LogP contribution in [0.15, 0.2) is 12.5 Å². The standard InChI is InChI=1S/C10H16N4O4/c1-18-5-3-12-10(17)11-2-4-14-6-8(9(15)16)13-7-14/h6-7H,2-5H2,1H3,(H,15,16)(H2,11,12,17). The molecule has 0 unspecified atom stereocenters. The maximum atomic E-state index is 11.2. The minimum Gasteiger partial charge on any atom is -0.476 e. The second-order valence-corrected chi connectivity index (χ2v) is 3.48. The molecule has 100 valence electrons. The fourth-order valence-electron chi connectivity index (χ4n) is 1.22. The molecule has 18 heavy (non-hydrogen) atoms. The highest BCUT2D eigenvalue weighted by Gasteiger charge is 2.06. The highest BCUT2D eigenvalue weighted by atomic mass is 16.5. The number of amides is 2. The van der Waals surface area contributed by atoms with E-state index in [-0.39, 0.29) is 11.7 Å². The molecule has 0 atom stereocenters. The Labute approximate surface area is 104 Å². The summed E-state index contributed by atoms with van der Waals surface area (Å²) >= 11 is 0. The number of carbonyl (C=O) groups excluding carboxylic acids is 1. The molecule has 0 radical (unpaired) electrons. The van der Waals surface area contributed by atoms with Crippen molar-refractivity contribution in [1.82, 2.24) is 20.2 Å². The van der Waals surface area contributed by atoms with E-state index in [1.165, 1.54) is 12.5 Å². The molecule has 1 aromatic rings. The summed E-state index contributed by atoms with van der Waals surface area (Å²) in [5.74, 6) is -1.07. The van der Waals surface area contributed by atoms with Gasteiger partial charge in [-0.25, -0.2) is 14.6 Å². The number of hydrogen-bond donors (Lipinski definition) is 3. The summed E-state index contributed by atoms with van der Waals surface area (Å²) < 4.78 is 6.38. The summed E-state index contributed by atoms with van der Waals surface area (Å²) in [6.07, 6.45) is 2.82. The van der Waals surface area contributed by atoms with Crippen LogP contribution in [0.4, 0.5) is 4.79 Å². The third kappa shape index (κ3) is 4.83. The van der Waals surface area contributed by atoms with Crippen LogP contribution in [0.25, 0.3) is 0 Å². The van der Waals surface area contributed by atoms with Gasteiger partial charge in [-0.1, -0.05) is 0 Å². The summed E-state index contributed by atoms with van der Waals surface area (Å²) in [5, 5.41) is 13.9. The zero-order valence-electron chi connectivity index (χ0n) is 10.0. The van der Waals surface area contributed by atoms with Crippen molar-refractivity contribution in [3.05, 3.63) is 18.2 Å². The Morgan fingerprint density at radius 3 is 2.78 bits per heavy atom. The number of imidazole rings is 1. The van der Waals surface area contributed by atoms with E-state index >= 15 is 0 Å². The lowest BCUT2D eigenvalue weighted by molar-refractivity contribution is 0.0691. The number of aromatic carboxylic acids is 1. The van der Waals surface area contributed by atoms with Crippen LogP contribution in [0.2, 0.25) is 0 Å². The van der Waals surface area contributed by atoms with Gasteiger partial charge in [0.1, 0.15) is 0 Å². The van der Waals surface area contributed by atoms with Crippen LogP contribution >= 0.6 is 0 Å². The molecule has 8 nitrogen and oxygen atoms in total. The van der Waals surface area contributed by atoms with E-state index in [9.17, 15) is 9.59 Å². The maximum absolute atomic E-state index is 11.2. The van der Waals surface area contributed by atoms with Crippen molar-refractivity contribution >= 4 is 12.0 Å². The van der Waals surface area contributed by atoms with Gasteiger partial charge < -0.3 is 25.0 Å². The topological polar surface area (TPSA) is 105 Å². The molecule has 0 saturated heterocycles. The SMILES string of the molecule is COCCNC(=O)NCCn1cnc(C(=O)O)c1. The Morgan fingerprint density at radius 2 is 2.17 bits per heavy atom. The van der Waals surface area contributed by atoms with E-state index in [4.69, 9.17) is 9.84 Å². The largest absolute Gasteiger partial charge is 0.476 e. The number of ether oxygens (including phenoxy) is 1. The highest BCUT2D eigenvalue weighted by Crippen LogP contribution is 1.95. The number of hydrogen-bond acceptors (Lipinski definition) is 4. The number of nitrogens with zero attached hydrogens (tertiary/aromatic N) is 2.